The van der Waals surface area contributed by atoms with Crippen LogP contribution in [0.5, 0.6) is 0 Å². The second kappa shape index (κ2) is 10.4. The standard InChI is InChI=1S/C32H30N2O4S/c1-21-14-16-24(17-15-21)31-30(32(35)33-3)27-18-26(23-11-6-5-7-12-23)28(19-29(27)38-31)34(39(4,36)37)20-25-13-9-8-10-22(25)2/h5-19H,20H2,1-4H3,(H,33,35). The minimum absolute atomic E-state index is 0.157. The van der Waals surface area contributed by atoms with Crippen molar-refractivity contribution in [3.05, 3.63) is 113 Å². The predicted molar refractivity (Wildman–Crippen MR) is 157 cm³/mol. The molecular formula is C32H30N2O4S. The number of aryl methyl sites for hydroxylation is 2. The fraction of sp³-hybridized carbons (Fsp3) is 0.156. The smallest absolute Gasteiger partial charge is 0.255 e. The first-order valence-corrected chi connectivity index (χ1v) is 14.5. The van der Waals surface area contributed by atoms with Gasteiger partial charge in [-0.2, -0.15) is 0 Å². The van der Waals surface area contributed by atoms with E-state index in [1.807, 2.05) is 98.8 Å². The van der Waals surface area contributed by atoms with Crippen LogP contribution >= 0.6 is 0 Å². The van der Waals surface area contributed by atoms with Crippen LogP contribution in [0.1, 0.15) is 27.0 Å². The Balaban J connectivity index is 1.82. The second-order valence-corrected chi connectivity index (χ2v) is 11.6. The maximum atomic E-state index is 13.3. The van der Waals surface area contributed by atoms with Crippen LogP contribution in [0.3, 0.4) is 0 Å². The summed E-state index contributed by atoms with van der Waals surface area (Å²) in [6, 6.07) is 28.7. The molecule has 0 atom stereocenters. The molecule has 0 spiro atoms. The molecule has 0 aliphatic rings. The lowest BCUT2D eigenvalue weighted by Crippen LogP contribution is -2.30. The van der Waals surface area contributed by atoms with Gasteiger partial charge in [0.2, 0.25) is 10.0 Å². The molecule has 0 aliphatic carbocycles. The molecule has 1 amide bonds. The Labute approximate surface area is 229 Å². The van der Waals surface area contributed by atoms with E-state index >= 15 is 0 Å². The van der Waals surface area contributed by atoms with E-state index in [1.54, 1.807) is 13.1 Å². The normalized spacial score (nSPS) is 11.5. The largest absolute Gasteiger partial charge is 0.455 e. The van der Waals surface area contributed by atoms with Gasteiger partial charge in [-0.25, -0.2) is 8.42 Å². The molecule has 5 aromatic rings. The number of carbonyl (C=O) groups excluding carboxylic acids is 1. The van der Waals surface area contributed by atoms with E-state index in [0.717, 1.165) is 27.8 Å². The molecule has 0 unspecified atom stereocenters. The molecule has 1 aromatic heterocycles. The number of rotatable bonds is 7. The van der Waals surface area contributed by atoms with E-state index in [4.69, 9.17) is 4.42 Å². The average molecular weight is 539 g/mol. The van der Waals surface area contributed by atoms with Crippen LogP contribution in [-0.4, -0.2) is 27.6 Å². The lowest BCUT2D eigenvalue weighted by molar-refractivity contribution is 0.0964. The molecule has 6 nitrogen and oxygen atoms in total. The maximum Gasteiger partial charge on any atom is 0.255 e. The van der Waals surface area contributed by atoms with Gasteiger partial charge < -0.3 is 9.73 Å². The van der Waals surface area contributed by atoms with Crippen LogP contribution in [-0.2, 0) is 16.6 Å². The first-order valence-electron chi connectivity index (χ1n) is 12.6. The number of amides is 1. The first-order chi connectivity index (χ1) is 18.7. The third-order valence-electron chi connectivity index (χ3n) is 6.90. The lowest BCUT2D eigenvalue weighted by Gasteiger charge is -2.26. The highest BCUT2D eigenvalue weighted by Gasteiger charge is 2.27. The van der Waals surface area contributed by atoms with Crippen LogP contribution < -0.4 is 9.62 Å². The van der Waals surface area contributed by atoms with Crippen molar-refractivity contribution in [2.75, 3.05) is 17.6 Å². The third-order valence-corrected chi connectivity index (χ3v) is 8.03. The summed E-state index contributed by atoms with van der Waals surface area (Å²) in [5.41, 5.74) is 6.57. The predicted octanol–water partition coefficient (Wildman–Crippen LogP) is 6.71. The van der Waals surface area contributed by atoms with E-state index in [-0.39, 0.29) is 12.5 Å². The molecule has 5 rings (SSSR count). The molecule has 0 aliphatic heterocycles. The fourth-order valence-corrected chi connectivity index (χ4v) is 5.65. The summed E-state index contributed by atoms with van der Waals surface area (Å²) in [6.07, 6.45) is 1.21. The van der Waals surface area contributed by atoms with Gasteiger partial charge in [-0.05, 0) is 36.6 Å². The highest BCUT2D eigenvalue weighted by Crippen LogP contribution is 2.42. The Morgan fingerprint density at radius 3 is 2.18 bits per heavy atom. The molecule has 39 heavy (non-hydrogen) atoms. The van der Waals surface area contributed by atoms with Crippen molar-refractivity contribution in [2.24, 2.45) is 0 Å². The summed E-state index contributed by atoms with van der Waals surface area (Å²) in [4.78, 5) is 13.2. The van der Waals surface area contributed by atoms with Crippen LogP contribution in [0.2, 0.25) is 0 Å². The number of hydrogen-bond donors (Lipinski definition) is 1. The van der Waals surface area contributed by atoms with E-state index in [1.165, 1.54) is 10.6 Å². The molecule has 0 radical (unpaired) electrons. The molecule has 1 heterocycles. The van der Waals surface area contributed by atoms with E-state index in [0.29, 0.717) is 33.5 Å². The molecule has 7 heteroatoms. The molecule has 0 saturated heterocycles. The number of hydrogen-bond acceptors (Lipinski definition) is 4. The van der Waals surface area contributed by atoms with E-state index < -0.39 is 10.0 Å². The van der Waals surface area contributed by atoms with Gasteiger partial charge in [-0.1, -0.05) is 84.4 Å². The summed E-state index contributed by atoms with van der Waals surface area (Å²) in [6.45, 7) is 4.12. The summed E-state index contributed by atoms with van der Waals surface area (Å²) in [5, 5.41) is 3.34. The molecule has 0 bridgehead atoms. The highest BCUT2D eigenvalue weighted by molar-refractivity contribution is 7.92. The monoisotopic (exact) mass is 538 g/mol. The Bertz CT molecular complexity index is 1770. The Morgan fingerprint density at radius 1 is 0.872 bits per heavy atom. The lowest BCUT2D eigenvalue weighted by atomic mass is 9.98. The topological polar surface area (TPSA) is 79.6 Å². The molecule has 4 aromatic carbocycles. The van der Waals surface area contributed by atoms with E-state index in [2.05, 4.69) is 5.32 Å². The van der Waals surface area contributed by atoms with Gasteiger partial charge in [0.05, 0.1) is 24.1 Å². The summed E-state index contributed by atoms with van der Waals surface area (Å²) in [7, 11) is -2.12. The number of nitrogens with zero attached hydrogens (tertiary/aromatic N) is 1. The van der Waals surface area contributed by atoms with Crippen LogP contribution in [0.15, 0.2) is 95.4 Å². The van der Waals surface area contributed by atoms with Gasteiger partial charge in [-0.3, -0.25) is 9.10 Å². The van der Waals surface area contributed by atoms with Gasteiger partial charge in [0, 0.05) is 29.6 Å². The van der Waals surface area contributed by atoms with Crippen molar-refractivity contribution in [3.8, 4) is 22.5 Å². The number of carbonyl (C=O) groups is 1. The van der Waals surface area contributed by atoms with Gasteiger partial charge >= 0.3 is 0 Å². The van der Waals surface area contributed by atoms with Crippen LogP contribution in [0.4, 0.5) is 5.69 Å². The Morgan fingerprint density at radius 2 is 1.54 bits per heavy atom. The SMILES string of the molecule is CNC(=O)c1c(-c2ccc(C)cc2)oc2cc(N(Cc3ccccc3C)S(C)(=O)=O)c(-c3ccccc3)cc12. The number of sulfonamides is 1. The zero-order chi connectivity index (χ0) is 27.7. The number of furan rings is 1. The molecule has 0 fully saturated rings. The van der Waals surface area contributed by atoms with Gasteiger partial charge in [0.25, 0.3) is 5.91 Å². The Kier molecular flexibility index (Phi) is 7.02. The summed E-state index contributed by atoms with van der Waals surface area (Å²) < 4.78 is 34.3. The van der Waals surface area contributed by atoms with Crippen molar-refractivity contribution in [3.63, 3.8) is 0 Å². The van der Waals surface area contributed by atoms with Gasteiger partial charge in [0.1, 0.15) is 11.3 Å². The quantitative estimate of drug-likeness (QED) is 0.250. The number of anilines is 1. The zero-order valence-corrected chi connectivity index (χ0v) is 23.2. The molecule has 1 N–H and O–H groups in total. The van der Waals surface area contributed by atoms with Gasteiger partial charge in [0.15, 0.2) is 0 Å². The maximum absolute atomic E-state index is 13.3. The third kappa shape index (κ3) is 5.18. The number of benzene rings is 4. The van der Waals surface area contributed by atoms with Gasteiger partial charge in [-0.15, -0.1) is 0 Å². The van der Waals surface area contributed by atoms with Crippen LogP contribution in [0.25, 0.3) is 33.4 Å². The molecular weight excluding hydrogens is 508 g/mol. The van der Waals surface area contributed by atoms with Crippen molar-refractivity contribution in [1.29, 1.82) is 0 Å². The average Bonchev–Trinajstić information content (AvgIpc) is 3.30. The minimum Gasteiger partial charge on any atom is -0.455 e. The van der Waals surface area contributed by atoms with Crippen molar-refractivity contribution >= 4 is 32.6 Å². The van der Waals surface area contributed by atoms with Crippen molar-refractivity contribution in [1.82, 2.24) is 5.32 Å². The molecule has 0 saturated carbocycles. The summed E-state index contributed by atoms with van der Waals surface area (Å²) in [5.74, 6) is 0.154. The minimum atomic E-state index is -3.70. The summed E-state index contributed by atoms with van der Waals surface area (Å²) >= 11 is 0. The van der Waals surface area contributed by atoms with Crippen molar-refractivity contribution in [2.45, 2.75) is 20.4 Å². The second-order valence-electron chi connectivity index (χ2n) is 9.68. The van der Waals surface area contributed by atoms with Crippen LogP contribution in [0, 0.1) is 13.8 Å². The highest BCUT2D eigenvalue weighted by atomic mass is 32.2. The van der Waals surface area contributed by atoms with E-state index in [9.17, 15) is 13.2 Å². The number of nitrogens with one attached hydrogen (secondary N) is 1. The zero-order valence-electron chi connectivity index (χ0n) is 22.4. The van der Waals surface area contributed by atoms with Crippen molar-refractivity contribution < 1.29 is 17.6 Å². The molecule has 198 valence electrons. The first kappa shape index (κ1) is 26.3. The fourth-order valence-electron chi connectivity index (χ4n) is 4.77. The Hall–Kier alpha value is -4.36. The number of fused-ring (bicyclic) bond motifs is 1.